The molecule has 0 saturated carbocycles. The Bertz CT molecular complexity index is 1640. The molecule has 2 unspecified atom stereocenters. The molecule has 192 valence electrons. The molecule has 38 heavy (non-hydrogen) atoms. The number of hydrogen-bond donors (Lipinski definition) is 2. The van der Waals surface area contributed by atoms with Gasteiger partial charge >= 0.3 is 0 Å². The first-order valence-corrected chi connectivity index (χ1v) is 13.4. The van der Waals surface area contributed by atoms with Crippen LogP contribution in [-0.4, -0.2) is 43.3 Å². The summed E-state index contributed by atoms with van der Waals surface area (Å²) in [7, 11) is 0. The number of likely N-dealkylation sites (tertiary alicyclic amines) is 1. The van der Waals surface area contributed by atoms with Gasteiger partial charge in [-0.05, 0) is 62.1 Å². The van der Waals surface area contributed by atoms with Gasteiger partial charge in [0.2, 0.25) is 0 Å². The molecular weight excluding hydrogens is 519 g/mol. The van der Waals surface area contributed by atoms with E-state index in [0.717, 1.165) is 48.1 Å². The Labute approximate surface area is 230 Å². The number of nitrogens with zero attached hydrogens (tertiary/aromatic N) is 4. The summed E-state index contributed by atoms with van der Waals surface area (Å²) in [6, 6.07) is 19.4. The lowest BCUT2D eigenvalue weighted by Gasteiger charge is -2.25. The van der Waals surface area contributed by atoms with E-state index in [-0.39, 0.29) is 18.0 Å². The minimum absolute atomic E-state index is 0.0576. The minimum atomic E-state index is -0.178. The van der Waals surface area contributed by atoms with Gasteiger partial charge in [0.15, 0.2) is 0 Å². The molecule has 1 aliphatic rings. The number of benzene rings is 3. The van der Waals surface area contributed by atoms with Crippen LogP contribution in [-0.2, 0) is 6.42 Å². The van der Waals surface area contributed by atoms with Crippen molar-refractivity contribution >= 4 is 56.9 Å². The molecule has 2 atom stereocenters. The predicted octanol–water partition coefficient (Wildman–Crippen LogP) is 6.83. The third-order valence-electron chi connectivity index (χ3n) is 7.13. The number of anilines is 1. The second-order valence-corrected chi connectivity index (χ2v) is 10.5. The molecule has 1 amide bonds. The van der Waals surface area contributed by atoms with Crippen LogP contribution in [0.3, 0.4) is 0 Å². The van der Waals surface area contributed by atoms with Gasteiger partial charge in [-0.3, -0.25) is 4.79 Å². The van der Waals surface area contributed by atoms with Gasteiger partial charge in [0.05, 0.1) is 33.2 Å². The molecular formula is C29H26Cl2N6O. The van der Waals surface area contributed by atoms with Crippen LogP contribution in [0.15, 0.2) is 67.0 Å². The molecule has 2 aromatic heterocycles. The maximum absolute atomic E-state index is 13.6. The number of H-pyrrole nitrogens is 1. The highest BCUT2D eigenvalue weighted by Crippen LogP contribution is 2.32. The number of amides is 1. The molecule has 9 heteroatoms. The van der Waals surface area contributed by atoms with Crippen LogP contribution in [0.4, 0.5) is 5.82 Å². The second kappa shape index (κ2) is 10.2. The zero-order valence-electron chi connectivity index (χ0n) is 20.8. The van der Waals surface area contributed by atoms with E-state index in [9.17, 15) is 4.79 Å². The Hall–Kier alpha value is -3.68. The van der Waals surface area contributed by atoms with Crippen LogP contribution in [0, 0.1) is 0 Å². The zero-order chi connectivity index (χ0) is 26.2. The molecule has 5 aromatic rings. The first-order chi connectivity index (χ1) is 18.5. The third-order valence-corrected chi connectivity index (χ3v) is 7.68. The van der Waals surface area contributed by atoms with Crippen LogP contribution in [0.25, 0.3) is 21.9 Å². The van der Waals surface area contributed by atoms with Crippen molar-refractivity contribution in [1.29, 1.82) is 0 Å². The Balaban J connectivity index is 1.26. The summed E-state index contributed by atoms with van der Waals surface area (Å²) in [5, 5.41) is 5.17. The average molecular weight is 545 g/mol. The molecule has 0 radical (unpaired) electrons. The number of halogens is 2. The van der Waals surface area contributed by atoms with E-state index in [1.54, 1.807) is 12.1 Å². The van der Waals surface area contributed by atoms with Crippen molar-refractivity contribution in [3.05, 3.63) is 94.0 Å². The number of rotatable bonds is 6. The van der Waals surface area contributed by atoms with Crippen molar-refractivity contribution in [3.63, 3.8) is 0 Å². The van der Waals surface area contributed by atoms with Crippen molar-refractivity contribution in [2.45, 2.75) is 38.3 Å². The Morgan fingerprint density at radius 3 is 2.79 bits per heavy atom. The normalized spacial score (nSPS) is 16.3. The fourth-order valence-corrected chi connectivity index (χ4v) is 5.60. The first kappa shape index (κ1) is 24.6. The molecule has 1 fully saturated rings. The van der Waals surface area contributed by atoms with E-state index in [0.29, 0.717) is 26.9 Å². The molecule has 0 spiro atoms. The third kappa shape index (κ3) is 4.79. The fourth-order valence-electron chi connectivity index (χ4n) is 5.19. The van der Waals surface area contributed by atoms with Gasteiger partial charge < -0.3 is 15.2 Å². The highest BCUT2D eigenvalue weighted by molar-refractivity contribution is 6.35. The van der Waals surface area contributed by atoms with Gasteiger partial charge in [-0.15, -0.1) is 0 Å². The molecule has 3 heterocycles. The van der Waals surface area contributed by atoms with Crippen molar-refractivity contribution < 1.29 is 4.79 Å². The summed E-state index contributed by atoms with van der Waals surface area (Å²) < 4.78 is 0. The van der Waals surface area contributed by atoms with Crippen molar-refractivity contribution in [1.82, 2.24) is 24.8 Å². The molecule has 0 aliphatic carbocycles. The fraction of sp³-hybridized carbons (Fsp3) is 0.241. The molecule has 3 aromatic carbocycles. The highest BCUT2D eigenvalue weighted by atomic mass is 35.5. The lowest BCUT2D eigenvalue weighted by molar-refractivity contribution is 0.0737. The summed E-state index contributed by atoms with van der Waals surface area (Å²) in [4.78, 5) is 32.5. The number of aromatic amines is 1. The van der Waals surface area contributed by atoms with Gasteiger partial charge in [-0.25, -0.2) is 15.0 Å². The Morgan fingerprint density at radius 2 is 1.95 bits per heavy atom. The predicted molar refractivity (Wildman–Crippen MR) is 152 cm³/mol. The van der Waals surface area contributed by atoms with E-state index in [1.165, 1.54) is 11.9 Å². The summed E-state index contributed by atoms with van der Waals surface area (Å²) >= 11 is 12.8. The van der Waals surface area contributed by atoms with Crippen LogP contribution in [0.5, 0.6) is 0 Å². The van der Waals surface area contributed by atoms with Gasteiger partial charge in [0.25, 0.3) is 5.91 Å². The number of carbonyl (C=O) groups excluding carboxylic acids is 1. The van der Waals surface area contributed by atoms with E-state index in [4.69, 9.17) is 23.2 Å². The van der Waals surface area contributed by atoms with Crippen molar-refractivity contribution in [2.24, 2.45) is 0 Å². The van der Waals surface area contributed by atoms with Crippen LogP contribution < -0.4 is 5.32 Å². The molecule has 1 saturated heterocycles. The largest absolute Gasteiger partial charge is 0.360 e. The second-order valence-electron chi connectivity index (χ2n) is 9.71. The van der Waals surface area contributed by atoms with Crippen molar-refractivity contribution in [2.75, 3.05) is 11.9 Å². The van der Waals surface area contributed by atoms with Gasteiger partial charge in [-0.1, -0.05) is 53.5 Å². The maximum atomic E-state index is 13.6. The molecule has 7 nitrogen and oxygen atoms in total. The van der Waals surface area contributed by atoms with E-state index >= 15 is 0 Å². The quantitative estimate of drug-likeness (QED) is 0.244. The van der Waals surface area contributed by atoms with Crippen LogP contribution in [0.2, 0.25) is 10.0 Å². The SMILES string of the molecule is CC(Nc1ncnc2cc(C(=O)N3CCCC3Cc3ccccc3)c(Cl)cc12)c1nc2cc(Cl)ccc2[nH]1. The number of nitrogens with one attached hydrogen (secondary N) is 2. The number of aromatic nitrogens is 4. The lowest BCUT2D eigenvalue weighted by atomic mass is 10.0. The summed E-state index contributed by atoms with van der Waals surface area (Å²) in [6.45, 7) is 2.72. The van der Waals surface area contributed by atoms with Gasteiger partial charge in [0, 0.05) is 23.0 Å². The molecule has 1 aliphatic heterocycles. The topological polar surface area (TPSA) is 86.8 Å². The first-order valence-electron chi connectivity index (χ1n) is 12.7. The lowest BCUT2D eigenvalue weighted by Crippen LogP contribution is -2.37. The Kier molecular flexibility index (Phi) is 6.64. The number of carbonyl (C=O) groups is 1. The highest BCUT2D eigenvalue weighted by Gasteiger charge is 2.31. The number of hydrogen-bond acceptors (Lipinski definition) is 5. The summed E-state index contributed by atoms with van der Waals surface area (Å²) in [5.41, 5.74) is 4.05. The van der Waals surface area contributed by atoms with Gasteiger partial charge in [-0.2, -0.15) is 0 Å². The molecule has 0 bridgehead atoms. The molecule has 2 N–H and O–H groups in total. The zero-order valence-corrected chi connectivity index (χ0v) is 22.3. The van der Waals surface area contributed by atoms with E-state index in [1.807, 2.05) is 48.2 Å². The average Bonchev–Trinajstić information content (AvgIpc) is 3.56. The maximum Gasteiger partial charge on any atom is 0.255 e. The number of fused-ring (bicyclic) bond motifs is 2. The summed E-state index contributed by atoms with van der Waals surface area (Å²) in [6.07, 6.45) is 4.29. The monoisotopic (exact) mass is 544 g/mol. The summed E-state index contributed by atoms with van der Waals surface area (Å²) in [5.74, 6) is 1.31. The standard InChI is InChI=1S/C29H26Cl2N6O/c1-17(27-35-24-10-9-19(30)13-26(24)36-27)34-28-22-14-23(31)21(15-25(22)32-16-33-28)29(38)37-11-5-8-20(37)12-18-6-3-2-4-7-18/h2-4,6-7,9-10,13-17,20H,5,8,11-12H2,1H3,(H,35,36)(H,32,33,34). The minimum Gasteiger partial charge on any atom is -0.360 e. The van der Waals surface area contributed by atoms with Crippen LogP contribution in [0.1, 0.15) is 47.6 Å². The van der Waals surface area contributed by atoms with Crippen molar-refractivity contribution in [3.8, 4) is 0 Å². The Morgan fingerprint density at radius 1 is 1.11 bits per heavy atom. The number of imidazole rings is 1. The van der Waals surface area contributed by atoms with Crippen LogP contribution >= 0.6 is 23.2 Å². The van der Waals surface area contributed by atoms with E-state index < -0.39 is 0 Å². The van der Waals surface area contributed by atoms with Gasteiger partial charge in [0.1, 0.15) is 18.0 Å². The smallest absolute Gasteiger partial charge is 0.255 e. The molecule has 6 rings (SSSR count). The van der Waals surface area contributed by atoms with E-state index in [2.05, 4.69) is 37.4 Å².